The molecule has 3 N–H and O–H groups in total. The predicted octanol–water partition coefficient (Wildman–Crippen LogP) is 4.49. The smallest absolute Gasteiger partial charge is 0.191 e. The molecule has 0 saturated heterocycles. The lowest BCUT2D eigenvalue weighted by Gasteiger charge is -2.05. The van der Waals surface area contributed by atoms with Gasteiger partial charge >= 0.3 is 0 Å². The minimum absolute atomic E-state index is 0.206. The van der Waals surface area contributed by atoms with Crippen molar-refractivity contribution in [2.75, 3.05) is 5.32 Å². The number of nitrogens with two attached hydrogens (primary N) is 1. The van der Waals surface area contributed by atoms with Crippen LogP contribution < -0.4 is 11.1 Å². The summed E-state index contributed by atoms with van der Waals surface area (Å²) >= 11 is 8.57. The average Bonchev–Trinajstić information content (AvgIpc) is 2.92. The first-order chi connectivity index (χ1) is 11.0. The number of thioether (sulfide) groups is 2. The Bertz CT molecular complexity index is 703. The highest BCUT2D eigenvalue weighted by Gasteiger charge is 2.24. The predicted molar refractivity (Wildman–Crippen MR) is 91.8 cm³/mol. The van der Waals surface area contributed by atoms with Crippen LogP contribution in [0, 0.1) is 11.6 Å². The Hall–Kier alpha value is -1.09. The number of anilines is 1. The lowest BCUT2D eigenvalue weighted by molar-refractivity contribution is 0.502. The fourth-order valence-corrected chi connectivity index (χ4v) is 3.72. The van der Waals surface area contributed by atoms with E-state index in [1.165, 1.54) is 35.7 Å². The van der Waals surface area contributed by atoms with Gasteiger partial charge in [-0.3, -0.25) is 0 Å². The first kappa shape index (κ1) is 18.3. The van der Waals surface area contributed by atoms with E-state index < -0.39 is 11.6 Å². The van der Waals surface area contributed by atoms with Crippen molar-refractivity contribution < 1.29 is 8.78 Å². The molecule has 0 amide bonds. The van der Waals surface area contributed by atoms with Crippen molar-refractivity contribution in [3.63, 3.8) is 0 Å². The van der Waals surface area contributed by atoms with Gasteiger partial charge in [0, 0.05) is 11.3 Å². The molecule has 1 unspecified atom stereocenters. The molecule has 124 valence electrons. The summed E-state index contributed by atoms with van der Waals surface area (Å²) in [6.07, 6.45) is 0. The van der Waals surface area contributed by atoms with Crippen LogP contribution in [0.15, 0.2) is 28.3 Å². The van der Waals surface area contributed by atoms with Gasteiger partial charge in [-0.25, -0.2) is 18.7 Å². The molecule has 0 fully saturated rings. The Morgan fingerprint density at radius 3 is 2.83 bits per heavy atom. The number of fused-ring (bicyclic) bond motifs is 1. The monoisotopic (exact) mass is 376 g/mol. The van der Waals surface area contributed by atoms with Gasteiger partial charge < -0.3 is 11.1 Å². The molecule has 1 aliphatic rings. The summed E-state index contributed by atoms with van der Waals surface area (Å²) in [5.74, 6) is -0.953. The molecule has 2 aromatic rings. The van der Waals surface area contributed by atoms with E-state index >= 15 is 0 Å². The zero-order valence-corrected chi connectivity index (χ0v) is 14.8. The van der Waals surface area contributed by atoms with Crippen LogP contribution in [0.1, 0.15) is 19.4 Å². The van der Waals surface area contributed by atoms with Gasteiger partial charge in [-0.2, -0.15) is 0 Å². The Morgan fingerprint density at radius 1 is 1.35 bits per heavy atom. The molecule has 23 heavy (non-hydrogen) atoms. The fourth-order valence-electron chi connectivity index (χ4n) is 1.76. The van der Waals surface area contributed by atoms with Gasteiger partial charge in [0.2, 0.25) is 0 Å². The normalized spacial score (nSPS) is 15.5. The number of aromatic nitrogens is 2. The van der Waals surface area contributed by atoms with E-state index in [4.69, 9.17) is 17.3 Å². The van der Waals surface area contributed by atoms with Crippen molar-refractivity contribution in [3.8, 4) is 0 Å². The molecule has 1 aliphatic heterocycles. The second-order valence-electron chi connectivity index (χ2n) is 4.16. The van der Waals surface area contributed by atoms with Crippen molar-refractivity contribution in [2.45, 2.75) is 35.2 Å². The van der Waals surface area contributed by atoms with Crippen LogP contribution in [-0.2, 0) is 5.75 Å². The van der Waals surface area contributed by atoms with Gasteiger partial charge in [-0.1, -0.05) is 61.1 Å². The van der Waals surface area contributed by atoms with Gasteiger partial charge in [0.15, 0.2) is 16.8 Å². The first-order valence-corrected chi connectivity index (χ1v) is 9.11. The highest BCUT2D eigenvalue weighted by molar-refractivity contribution is 8.00. The maximum absolute atomic E-state index is 13.6. The van der Waals surface area contributed by atoms with Crippen molar-refractivity contribution >= 4 is 40.9 Å². The largest absolute Gasteiger partial charge is 0.345 e. The third-order valence-electron chi connectivity index (χ3n) is 2.72. The van der Waals surface area contributed by atoms with Crippen LogP contribution in [0.3, 0.4) is 0 Å². The molecule has 0 aliphatic carbocycles. The number of benzene rings is 1. The van der Waals surface area contributed by atoms with E-state index in [0.29, 0.717) is 21.0 Å². The molecular formula is C14H15ClF2N4S2. The quantitative estimate of drug-likeness (QED) is 0.467. The Kier molecular flexibility index (Phi) is 6.46. The molecule has 1 atom stereocenters. The molecule has 0 bridgehead atoms. The van der Waals surface area contributed by atoms with Crippen molar-refractivity contribution in [1.82, 2.24) is 9.97 Å². The summed E-state index contributed by atoms with van der Waals surface area (Å²) in [4.78, 5) is 9.10. The lowest BCUT2D eigenvalue weighted by atomic mass is 10.2. The van der Waals surface area contributed by atoms with E-state index in [9.17, 15) is 8.78 Å². The van der Waals surface area contributed by atoms with Gasteiger partial charge in [0.05, 0.1) is 4.90 Å². The molecule has 9 heteroatoms. The van der Waals surface area contributed by atoms with E-state index in [0.717, 1.165) is 6.07 Å². The number of halogens is 3. The highest BCUT2D eigenvalue weighted by atomic mass is 35.5. The zero-order valence-electron chi connectivity index (χ0n) is 12.4. The van der Waals surface area contributed by atoms with Crippen LogP contribution >= 0.6 is 35.1 Å². The van der Waals surface area contributed by atoms with E-state index in [-0.39, 0.29) is 16.8 Å². The van der Waals surface area contributed by atoms with Gasteiger partial charge in [0.25, 0.3) is 0 Å². The van der Waals surface area contributed by atoms with Crippen LogP contribution in [-0.4, -0.2) is 15.5 Å². The van der Waals surface area contributed by atoms with E-state index in [1.54, 1.807) is 0 Å². The molecule has 1 aromatic carbocycles. The highest BCUT2D eigenvalue weighted by Crippen LogP contribution is 2.40. The molecule has 1 aromatic heterocycles. The van der Waals surface area contributed by atoms with Crippen LogP contribution in [0.4, 0.5) is 14.6 Å². The fraction of sp³-hybridized carbons (Fsp3) is 0.286. The molecule has 4 nitrogen and oxygen atoms in total. The maximum atomic E-state index is 13.6. The number of hydrogen-bond acceptors (Lipinski definition) is 6. The Labute approximate surface area is 146 Å². The maximum Gasteiger partial charge on any atom is 0.191 e. The van der Waals surface area contributed by atoms with Gasteiger partial charge in [-0.05, 0) is 6.07 Å². The van der Waals surface area contributed by atoms with Crippen molar-refractivity contribution in [3.05, 3.63) is 40.6 Å². The summed E-state index contributed by atoms with van der Waals surface area (Å²) in [5, 5.41) is 3.63. The Morgan fingerprint density at radius 2 is 2.09 bits per heavy atom. The van der Waals surface area contributed by atoms with Crippen LogP contribution in [0.2, 0.25) is 5.15 Å². The molecule has 0 spiro atoms. The SMILES string of the molecule is CC.NC1Nc2nc(SCc3cccc(F)c3F)nc(Cl)c2S1. The van der Waals surface area contributed by atoms with E-state index in [1.807, 2.05) is 13.8 Å². The minimum atomic E-state index is -0.870. The topological polar surface area (TPSA) is 63.8 Å². The van der Waals surface area contributed by atoms with Gasteiger partial charge in [-0.15, -0.1) is 0 Å². The summed E-state index contributed by atoms with van der Waals surface area (Å²) in [5.41, 5.74) is 5.67. The van der Waals surface area contributed by atoms with Gasteiger partial charge in [0.1, 0.15) is 16.5 Å². The molecular weight excluding hydrogens is 362 g/mol. The summed E-state index contributed by atoms with van der Waals surface area (Å²) in [6, 6.07) is 4.06. The third-order valence-corrected chi connectivity index (χ3v) is 4.99. The third kappa shape index (κ3) is 4.26. The summed E-state index contributed by atoms with van der Waals surface area (Å²) in [7, 11) is 0. The summed E-state index contributed by atoms with van der Waals surface area (Å²) < 4.78 is 26.7. The average molecular weight is 377 g/mol. The number of rotatable bonds is 3. The molecule has 0 radical (unpaired) electrons. The van der Waals surface area contributed by atoms with Crippen molar-refractivity contribution in [2.24, 2.45) is 5.73 Å². The number of nitrogens with zero attached hydrogens (tertiary/aromatic N) is 2. The standard InChI is InChI=1S/C12H9ClF2N4S2.C2H6/c13-9-8-10(18-11(16)21-8)19-12(17-9)20-4-5-2-1-3-6(14)7(5)15;1-2/h1-3,11H,4,16H2,(H,17,18,19);1-2H3. The molecule has 0 saturated carbocycles. The van der Waals surface area contributed by atoms with E-state index in [2.05, 4.69) is 15.3 Å². The second-order valence-corrected chi connectivity index (χ2v) is 6.61. The number of nitrogens with one attached hydrogen (secondary N) is 1. The summed E-state index contributed by atoms with van der Waals surface area (Å²) in [6.45, 7) is 4.00. The van der Waals surface area contributed by atoms with Crippen LogP contribution in [0.5, 0.6) is 0 Å². The zero-order chi connectivity index (χ0) is 17.0. The molecule has 2 heterocycles. The first-order valence-electron chi connectivity index (χ1n) is 6.86. The number of hydrogen-bond donors (Lipinski definition) is 2. The second kappa shape index (κ2) is 8.14. The Balaban J connectivity index is 0.000000924. The lowest BCUT2D eigenvalue weighted by Crippen LogP contribution is -2.21. The molecule has 3 rings (SSSR count). The van der Waals surface area contributed by atoms with Crippen molar-refractivity contribution in [1.29, 1.82) is 0 Å². The van der Waals surface area contributed by atoms with Crippen LogP contribution in [0.25, 0.3) is 0 Å². The minimum Gasteiger partial charge on any atom is -0.345 e.